The van der Waals surface area contributed by atoms with Crippen molar-refractivity contribution in [2.45, 2.75) is 44.7 Å². The summed E-state index contributed by atoms with van der Waals surface area (Å²) in [4.78, 5) is 12.2. The van der Waals surface area contributed by atoms with Gasteiger partial charge >= 0.3 is 0 Å². The third-order valence-corrected chi connectivity index (χ3v) is 4.16. The number of nitrogens with one attached hydrogen (secondary N) is 1. The molecule has 104 valence electrons. The number of amides is 1. The van der Waals surface area contributed by atoms with Gasteiger partial charge in [-0.1, -0.05) is 36.2 Å². The van der Waals surface area contributed by atoms with E-state index < -0.39 is 0 Å². The molecule has 0 heterocycles. The number of nitrogens with two attached hydrogens (primary N) is 1. The highest BCUT2D eigenvalue weighted by molar-refractivity contribution is 6.31. The molecule has 1 saturated carbocycles. The topological polar surface area (TPSA) is 55.1 Å². The molecular formula is C15H21ClN2O. The van der Waals surface area contributed by atoms with Gasteiger partial charge in [-0.3, -0.25) is 4.79 Å². The normalized spacial score (nSPS) is 24.8. The minimum Gasteiger partial charge on any atom is -0.349 e. The SMILES string of the molecule is CC(NC(=O)C1CCCC(N)C1)c1ccccc1Cl. The quantitative estimate of drug-likeness (QED) is 0.894. The van der Waals surface area contributed by atoms with Gasteiger partial charge in [-0.25, -0.2) is 0 Å². The van der Waals surface area contributed by atoms with Gasteiger partial charge in [0.1, 0.15) is 0 Å². The molecule has 3 atom stereocenters. The highest BCUT2D eigenvalue weighted by Gasteiger charge is 2.26. The number of hydrogen-bond donors (Lipinski definition) is 2. The van der Waals surface area contributed by atoms with Gasteiger partial charge in [0.2, 0.25) is 5.91 Å². The van der Waals surface area contributed by atoms with E-state index in [4.69, 9.17) is 17.3 Å². The third-order valence-electron chi connectivity index (χ3n) is 3.82. The van der Waals surface area contributed by atoms with Crippen molar-refractivity contribution in [3.63, 3.8) is 0 Å². The van der Waals surface area contributed by atoms with Crippen LogP contribution in [0.15, 0.2) is 24.3 Å². The van der Waals surface area contributed by atoms with Crippen LogP contribution in [0.2, 0.25) is 5.02 Å². The average molecular weight is 281 g/mol. The smallest absolute Gasteiger partial charge is 0.223 e. The fraction of sp³-hybridized carbons (Fsp3) is 0.533. The minimum absolute atomic E-state index is 0.0497. The van der Waals surface area contributed by atoms with Gasteiger partial charge in [-0.15, -0.1) is 0 Å². The van der Waals surface area contributed by atoms with Gasteiger partial charge < -0.3 is 11.1 Å². The lowest BCUT2D eigenvalue weighted by molar-refractivity contribution is -0.126. The first kappa shape index (κ1) is 14.4. The predicted octanol–water partition coefficient (Wildman–Crippen LogP) is 3.03. The molecule has 1 aliphatic carbocycles. The molecule has 0 aromatic heterocycles. The zero-order valence-electron chi connectivity index (χ0n) is 11.2. The highest BCUT2D eigenvalue weighted by atomic mass is 35.5. The van der Waals surface area contributed by atoms with Crippen LogP contribution in [0.25, 0.3) is 0 Å². The monoisotopic (exact) mass is 280 g/mol. The van der Waals surface area contributed by atoms with E-state index in [2.05, 4.69) is 5.32 Å². The Hall–Kier alpha value is -1.06. The first-order valence-corrected chi connectivity index (χ1v) is 7.26. The Morgan fingerprint density at radius 1 is 1.42 bits per heavy atom. The second-order valence-corrected chi connectivity index (χ2v) is 5.78. The number of carbonyl (C=O) groups is 1. The summed E-state index contributed by atoms with van der Waals surface area (Å²) in [6, 6.07) is 7.70. The lowest BCUT2D eigenvalue weighted by Gasteiger charge is -2.27. The summed E-state index contributed by atoms with van der Waals surface area (Å²) in [5, 5.41) is 3.74. The Labute approximate surface area is 119 Å². The van der Waals surface area contributed by atoms with Gasteiger partial charge in [0.25, 0.3) is 0 Å². The summed E-state index contributed by atoms with van der Waals surface area (Å²) in [5.74, 6) is 0.149. The highest BCUT2D eigenvalue weighted by Crippen LogP contribution is 2.26. The first-order valence-electron chi connectivity index (χ1n) is 6.88. The van der Waals surface area contributed by atoms with Crippen LogP contribution in [0.5, 0.6) is 0 Å². The van der Waals surface area contributed by atoms with Crippen LogP contribution in [-0.2, 0) is 4.79 Å². The molecule has 0 saturated heterocycles. The molecule has 0 bridgehead atoms. The van der Waals surface area contributed by atoms with E-state index in [1.165, 1.54) is 0 Å². The van der Waals surface area contributed by atoms with Crippen LogP contribution in [-0.4, -0.2) is 11.9 Å². The Morgan fingerprint density at radius 3 is 2.84 bits per heavy atom. The summed E-state index contributed by atoms with van der Waals surface area (Å²) in [7, 11) is 0. The van der Waals surface area contributed by atoms with Crippen molar-refractivity contribution in [3.8, 4) is 0 Å². The number of rotatable bonds is 3. The maximum Gasteiger partial charge on any atom is 0.223 e. The van der Waals surface area contributed by atoms with Crippen molar-refractivity contribution >= 4 is 17.5 Å². The third kappa shape index (κ3) is 3.71. The molecule has 3 N–H and O–H groups in total. The molecule has 0 radical (unpaired) electrons. The van der Waals surface area contributed by atoms with Crippen molar-refractivity contribution in [2.24, 2.45) is 11.7 Å². The summed E-state index contributed by atoms with van der Waals surface area (Å²) >= 11 is 6.14. The molecule has 1 aliphatic rings. The maximum absolute atomic E-state index is 12.2. The summed E-state index contributed by atoms with van der Waals surface area (Å²) in [6.45, 7) is 1.96. The van der Waals surface area contributed by atoms with Gasteiger partial charge in [-0.2, -0.15) is 0 Å². The molecule has 4 heteroatoms. The fourth-order valence-electron chi connectivity index (χ4n) is 2.70. The zero-order valence-corrected chi connectivity index (χ0v) is 12.0. The fourth-order valence-corrected chi connectivity index (χ4v) is 3.00. The molecule has 1 aromatic carbocycles. The van der Waals surface area contributed by atoms with Gasteiger partial charge in [0.05, 0.1) is 6.04 Å². The van der Waals surface area contributed by atoms with Crippen LogP contribution in [0.3, 0.4) is 0 Å². The lowest BCUT2D eigenvalue weighted by atomic mass is 9.85. The van der Waals surface area contributed by atoms with E-state index in [1.807, 2.05) is 31.2 Å². The predicted molar refractivity (Wildman–Crippen MR) is 77.9 cm³/mol. The minimum atomic E-state index is -0.0700. The van der Waals surface area contributed by atoms with E-state index in [0.29, 0.717) is 5.02 Å². The average Bonchev–Trinajstić information content (AvgIpc) is 2.39. The molecule has 1 fully saturated rings. The second-order valence-electron chi connectivity index (χ2n) is 5.38. The summed E-state index contributed by atoms with van der Waals surface area (Å²) in [5.41, 5.74) is 6.88. The number of halogens is 1. The molecule has 3 nitrogen and oxygen atoms in total. The van der Waals surface area contributed by atoms with Gasteiger partial charge in [-0.05, 0) is 37.8 Å². The Balaban J connectivity index is 1.97. The van der Waals surface area contributed by atoms with Crippen LogP contribution < -0.4 is 11.1 Å². The second kappa shape index (κ2) is 6.40. The molecule has 1 amide bonds. The molecule has 1 aromatic rings. The number of hydrogen-bond acceptors (Lipinski definition) is 2. The van der Waals surface area contributed by atoms with Crippen LogP contribution in [0.1, 0.15) is 44.2 Å². The number of carbonyl (C=O) groups excluding carboxylic acids is 1. The van der Waals surface area contributed by atoms with E-state index in [1.54, 1.807) is 0 Å². The van der Waals surface area contributed by atoms with E-state index in [0.717, 1.165) is 31.2 Å². The first-order chi connectivity index (χ1) is 9.08. The molecule has 2 rings (SSSR count). The van der Waals surface area contributed by atoms with Crippen LogP contribution >= 0.6 is 11.6 Å². The van der Waals surface area contributed by atoms with Crippen molar-refractivity contribution < 1.29 is 4.79 Å². The standard InChI is InChI=1S/C15H21ClN2O/c1-10(13-7-2-3-8-14(13)16)18-15(19)11-5-4-6-12(17)9-11/h2-3,7-8,10-12H,4-6,9,17H2,1H3,(H,18,19). The molecular weight excluding hydrogens is 260 g/mol. The van der Waals surface area contributed by atoms with Gasteiger partial charge in [0, 0.05) is 17.0 Å². The summed E-state index contributed by atoms with van der Waals surface area (Å²) < 4.78 is 0. The Bertz CT molecular complexity index is 450. The Kier molecular flexibility index (Phi) is 4.83. The molecule has 3 unspecified atom stereocenters. The van der Waals surface area contributed by atoms with Gasteiger partial charge in [0.15, 0.2) is 0 Å². The van der Waals surface area contributed by atoms with Crippen molar-refractivity contribution in [1.29, 1.82) is 0 Å². The Morgan fingerprint density at radius 2 is 2.16 bits per heavy atom. The van der Waals surface area contributed by atoms with Crippen LogP contribution in [0.4, 0.5) is 0 Å². The maximum atomic E-state index is 12.2. The molecule has 0 aliphatic heterocycles. The van der Waals surface area contributed by atoms with Crippen molar-refractivity contribution in [2.75, 3.05) is 0 Å². The lowest BCUT2D eigenvalue weighted by Crippen LogP contribution is -2.38. The van der Waals surface area contributed by atoms with Crippen LogP contribution in [0, 0.1) is 5.92 Å². The van der Waals surface area contributed by atoms with E-state index >= 15 is 0 Å². The number of benzene rings is 1. The van der Waals surface area contributed by atoms with E-state index in [-0.39, 0.29) is 23.9 Å². The van der Waals surface area contributed by atoms with Crippen molar-refractivity contribution in [3.05, 3.63) is 34.9 Å². The molecule has 19 heavy (non-hydrogen) atoms. The zero-order chi connectivity index (χ0) is 13.8. The molecule has 0 spiro atoms. The van der Waals surface area contributed by atoms with Crippen molar-refractivity contribution in [1.82, 2.24) is 5.32 Å². The summed E-state index contributed by atoms with van der Waals surface area (Å²) in [6.07, 6.45) is 3.80. The largest absolute Gasteiger partial charge is 0.349 e. The van der Waals surface area contributed by atoms with E-state index in [9.17, 15) is 4.79 Å².